The molecule has 1 aliphatic rings. The van der Waals surface area contributed by atoms with Crippen LogP contribution in [0, 0.1) is 0 Å². The van der Waals surface area contributed by atoms with Gasteiger partial charge in [-0.3, -0.25) is 9.80 Å². The van der Waals surface area contributed by atoms with Gasteiger partial charge in [-0.05, 0) is 6.08 Å². The normalized spacial score (nSPS) is 17.3. The van der Waals surface area contributed by atoms with E-state index in [1.807, 2.05) is 0 Å². The topological polar surface area (TPSA) is 43.8 Å². The summed E-state index contributed by atoms with van der Waals surface area (Å²) in [5, 5.41) is 11.8. The quantitative estimate of drug-likeness (QED) is 0.648. The van der Waals surface area contributed by atoms with Gasteiger partial charge in [-0.2, -0.15) is 0 Å². The average Bonchev–Trinajstić information content (AvgIpc) is 2.04. The van der Waals surface area contributed by atoms with Gasteiger partial charge in [-0.1, -0.05) is 12.2 Å². The summed E-state index contributed by atoms with van der Waals surface area (Å²) in [4.78, 5) is 12.0. The molecule has 13 heavy (non-hydrogen) atoms. The molecule has 1 amide bonds. The van der Waals surface area contributed by atoms with E-state index in [-0.39, 0.29) is 18.9 Å². The SMILES string of the molecule is CN(CCO)N1C=CC(=S)CC1=O. The maximum absolute atomic E-state index is 11.4. The molecule has 0 aromatic carbocycles. The standard InChI is InChI=1S/C8H12N2O2S/c1-9(4-5-11)10-3-2-7(13)6-8(10)12/h2-3,11H,4-6H2,1H3. The molecule has 0 saturated carbocycles. The van der Waals surface area contributed by atoms with Crippen LogP contribution in [0.4, 0.5) is 0 Å². The van der Waals surface area contributed by atoms with Crippen LogP contribution < -0.4 is 0 Å². The highest BCUT2D eigenvalue weighted by atomic mass is 32.1. The monoisotopic (exact) mass is 200 g/mol. The number of hydrazine groups is 1. The number of nitrogens with zero attached hydrogens (tertiary/aromatic N) is 2. The molecular formula is C8H12N2O2S. The molecule has 5 heteroatoms. The third-order valence-corrected chi connectivity index (χ3v) is 2.05. The number of aliphatic hydroxyl groups excluding tert-OH is 1. The van der Waals surface area contributed by atoms with E-state index in [2.05, 4.69) is 0 Å². The van der Waals surface area contributed by atoms with Crippen molar-refractivity contribution in [2.24, 2.45) is 0 Å². The lowest BCUT2D eigenvalue weighted by atomic mass is 10.2. The Morgan fingerprint density at radius 1 is 1.77 bits per heavy atom. The molecule has 0 spiro atoms. The zero-order valence-electron chi connectivity index (χ0n) is 7.43. The fourth-order valence-electron chi connectivity index (χ4n) is 1.08. The smallest absolute Gasteiger partial charge is 0.246 e. The Bertz CT molecular complexity index is 253. The molecule has 0 unspecified atom stereocenters. The second kappa shape index (κ2) is 4.45. The third-order valence-electron chi connectivity index (χ3n) is 1.77. The van der Waals surface area contributed by atoms with Crippen LogP contribution in [0.5, 0.6) is 0 Å². The van der Waals surface area contributed by atoms with Crippen LogP contribution in [0.15, 0.2) is 12.3 Å². The van der Waals surface area contributed by atoms with Crippen molar-refractivity contribution in [1.29, 1.82) is 0 Å². The molecule has 72 valence electrons. The van der Waals surface area contributed by atoms with Crippen molar-refractivity contribution in [2.45, 2.75) is 6.42 Å². The van der Waals surface area contributed by atoms with E-state index >= 15 is 0 Å². The molecule has 0 bridgehead atoms. The van der Waals surface area contributed by atoms with E-state index < -0.39 is 0 Å². The van der Waals surface area contributed by atoms with Crippen LogP contribution in [-0.2, 0) is 4.79 Å². The van der Waals surface area contributed by atoms with E-state index in [4.69, 9.17) is 17.3 Å². The van der Waals surface area contributed by atoms with Crippen LogP contribution in [0.1, 0.15) is 6.42 Å². The number of rotatable bonds is 3. The molecule has 0 aromatic heterocycles. The van der Waals surface area contributed by atoms with E-state index in [9.17, 15) is 4.79 Å². The number of amides is 1. The summed E-state index contributed by atoms with van der Waals surface area (Å²) in [5.74, 6) is -0.0524. The van der Waals surface area contributed by atoms with Gasteiger partial charge in [0.1, 0.15) is 0 Å². The molecule has 0 aliphatic carbocycles. The Balaban J connectivity index is 2.64. The summed E-state index contributed by atoms with van der Waals surface area (Å²) in [6.45, 7) is 0.460. The summed E-state index contributed by atoms with van der Waals surface area (Å²) < 4.78 is 0. The van der Waals surface area contributed by atoms with E-state index in [1.165, 1.54) is 5.01 Å². The molecule has 4 nitrogen and oxygen atoms in total. The number of likely N-dealkylation sites (N-methyl/N-ethyl adjacent to an activating group) is 1. The fourth-order valence-corrected chi connectivity index (χ4v) is 1.27. The van der Waals surface area contributed by atoms with Gasteiger partial charge in [-0.15, -0.1) is 0 Å². The van der Waals surface area contributed by atoms with Crippen molar-refractivity contribution in [3.05, 3.63) is 12.3 Å². The van der Waals surface area contributed by atoms with Crippen molar-refractivity contribution in [3.63, 3.8) is 0 Å². The molecule has 0 fully saturated rings. The number of thiocarbonyl (C=S) groups is 1. The lowest BCUT2D eigenvalue weighted by Crippen LogP contribution is -2.43. The first-order chi connectivity index (χ1) is 6.15. The van der Waals surface area contributed by atoms with Crippen LogP contribution in [0.2, 0.25) is 0 Å². The van der Waals surface area contributed by atoms with Gasteiger partial charge < -0.3 is 5.11 Å². The fraction of sp³-hybridized carbons (Fsp3) is 0.500. The lowest BCUT2D eigenvalue weighted by molar-refractivity contribution is -0.140. The molecule has 1 N–H and O–H groups in total. The molecule has 0 saturated heterocycles. The predicted molar refractivity (Wildman–Crippen MR) is 52.9 cm³/mol. The summed E-state index contributed by atoms with van der Waals surface area (Å²) >= 11 is 4.88. The second-order valence-corrected chi connectivity index (χ2v) is 3.33. The number of hydrogen-bond acceptors (Lipinski definition) is 4. The first-order valence-electron chi connectivity index (χ1n) is 4.00. The Labute approximate surface area is 82.4 Å². The van der Waals surface area contributed by atoms with Gasteiger partial charge in [0.15, 0.2) is 0 Å². The maximum Gasteiger partial charge on any atom is 0.246 e. The van der Waals surface area contributed by atoms with Gasteiger partial charge in [-0.25, -0.2) is 5.01 Å². The average molecular weight is 200 g/mol. The number of carbonyl (C=O) groups excluding carboxylic acids is 1. The molecule has 0 atom stereocenters. The largest absolute Gasteiger partial charge is 0.395 e. The van der Waals surface area contributed by atoms with Gasteiger partial charge >= 0.3 is 0 Å². The van der Waals surface area contributed by atoms with Gasteiger partial charge in [0.25, 0.3) is 0 Å². The predicted octanol–water partition coefficient (Wildman–Crippen LogP) is -0.0586. The number of hydrogen-bond donors (Lipinski definition) is 1. The van der Waals surface area contributed by atoms with Gasteiger partial charge in [0.2, 0.25) is 5.91 Å². The molecule has 1 heterocycles. The highest BCUT2D eigenvalue weighted by molar-refractivity contribution is 7.80. The zero-order chi connectivity index (χ0) is 9.84. The summed E-state index contributed by atoms with van der Waals surface area (Å²) in [6, 6.07) is 0. The zero-order valence-corrected chi connectivity index (χ0v) is 8.25. The highest BCUT2D eigenvalue weighted by Crippen LogP contribution is 2.08. The van der Waals surface area contributed by atoms with Gasteiger partial charge in [0, 0.05) is 24.7 Å². The number of allylic oxidation sites excluding steroid dienone is 1. The molecule has 0 radical (unpaired) electrons. The summed E-state index contributed by atoms with van der Waals surface area (Å²) in [6.07, 6.45) is 3.63. The van der Waals surface area contributed by atoms with Crippen LogP contribution >= 0.6 is 12.2 Å². The van der Waals surface area contributed by atoms with E-state index in [0.29, 0.717) is 11.4 Å². The molecule has 0 aromatic rings. The maximum atomic E-state index is 11.4. The van der Waals surface area contributed by atoms with Crippen molar-refractivity contribution < 1.29 is 9.90 Å². The van der Waals surface area contributed by atoms with Crippen LogP contribution in [-0.4, -0.2) is 46.1 Å². The minimum atomic E-state index is -0.0524. The Hall–Kier alpha value is -0.780. The third kappa shape index (κ3) is 2.58. The molecule has 1 rings (SSSR count). The van der Waals surface area contributed by atoms with Crippen LogP contribution in [0.3, 0.4) is 0 Å². The van der Waals surface area contributed by atoms with Crippen molar-refractivity contribution in [2.75, 3.05) is 20.2 Å². The Kier molecular flexibility index (Phi) is 3.53. The Morgan fingerprint density at radius 2 is 2.46 bits per heavy atom. The van der Waals surface area contributed by atoms with E-state index in [1.54, 1.807) is 24.3 Å². The first-order valence-corrected chi connectivity index (χ1v) is 4.41. The summed E-state index contributed by atoms with van der Waals surface area (Å²) in [7, 11) is 1.74. The minimum Gasteiger partial charge on any atom is -0.395 e. The molecule has 1 aliphatic heterocycles. The number of aliphatic hydroxyl groups is 1. The first kappa shape index (κ1) is 10.3. The van der Waals surface area contributed by atoms with Crippen molar-refractivity contribution >= 4 is 23.0 Å². The lowest BCUT2D eigenvalue weighted by Gasteiger charge is -2.30. The minimum absolute atomic E-state index is 0.0264. The van der Waals surface area contributed by atoms with E-state index in [0.717, 1.165) is 0 Å². The van der Waals surface area contributed by atoms with Crippen LogP contribution in [0.25, 0.3) is 0 Å². The molecular weight excluding hydrogens is 188 g/mol. The Morgan fingerprint density at radius 3 is 3.00 bits per heavy atom. The highest BCUT2D eigenvalue weighted by Gasteiger charge is 2.19. The second-order valence-electron chi connectivity index (χ2n) is 2.80. The number of carbonyl (C=O) groups is 1. The van der Waals surface area contributed by atoms with Gasteiger partial charge in [0.05, 0.1) is 13.0 Å². The van der Waals surface area contributed by atoms with Crippen molar-refractivity contribution in [1.82, 2.24) is 10.0 Å². The van der Waals surface area contributed by atoms with Crippen molar-refractivity contribution in [3.8, 4) is 0 Å². The summed E-state index contributed by atoms with van der Waals surface area (Å²) in [5.41, 5.74) is 0.